The molecule has 0 aromatic heterocycles. The maximum atomic E-state index is 14.2. The largest absolute Gasteiger partial charge is 0.426 e. The standard InChI is InChI=1S/C36H52F12O4/c1-19-21(3)29-11-25(19)9-27(29)13-31(33(37,38)39,34(40,41)42)51-17-49-15-23-5-7-24(8-6-23)16-50-18-52-32(35(43,44)45,36(46,47)48)14-28-10-26-12-30(28)22(4)20(26)2/h19-30H,5-18H2,1-4H3. The van der Waals surface area contributed by atoms with Crippen LogP contribution in [0.25, 0.3) is 0 Å². The average molecular weight is 777 g/mol. The molecule has 0 saturated heterocycles. The van der Waals surface area contributed by atoms with Crippen molar-refractivity contribution < 1.29 is 71.6 Å². The van der Waals surface area contributed by atoms with Crippen LogP contribution in [0.4, 0.5) is 52.7 Å². The van der Waals surface area contributed by atoms with Gasteiger partial charge in [0, 0.05) is 0 Å². The molecular formula is C36H52F12O4. The van der Waals surface area contributed by atoms with Crippen LogP contribution in [0.15, 0.2) is 0 Å². The van der Waals surface area contributed by atoms with E-state index in [1.165, 1.54) is 0 Å². The smallest absolute Gasteiger partial charge is 0.355 e. The first-order chi connectivity index (χ1) is 23.9. The Kier molecular flexibility index (Phi) is 12.3. The Balaban J connectivity index is 1.07. The van der Waals surface area contributed by atoms with Gasteiger partial charge in [0.05, 0.1) is 13.2 Å². The van der Waals surface area contributed by atoms with Crippen molar-refractivity contribution in [2.24, 2.45) is 71.0 Å². The van der Waals surface area contributed by atoms with Crippen molar-refractivity contribution in [3.8, 4) is 0 Å². The minimum atomic E-state index is -5.72. The molecule has 0 heterocycles. The molecule has 16 heteroatoms. The van der Waals surface area contributed by atoms with Crippen LogP contribution in [-0.4, -0.2) is 62.7 Å². The lowest BCUT2D eigenvalue weighted by atomic mass is 9.71. The maximum absolute atomic E-state index is 14.2. The highest BCUT2D eigenvalue weighted by Crippen LogP contribution is 2.61. The predicted octanol–water partition coefficient (Wildman–Crippen LogP) is 11.1. The van der Waals surface area contributed by atoms with Gasteiger partial charge < -0.3 is 18.9 Å². The summed E-state index contributed by atoms with van der Waals surface area (Å²) in [6, 6.07) is 0. The number of halogens is 12. The first kappa shape index (κ1) is 42.1. The summed E-state index contributed by atoms with van der Waals surface area (Å²) >= 11 is 0. The highest BCUT2D eigenvalue weighted by Gasteiger charge is 2.75. The summed E-state index contributed by atoms with van der Waals surface area (Å²) in [6.07, 6.45) is -21.9. The Hall–Kier alpha value is -1.00. The Bertz CT molecular complexity index is 1060. The fourth-order valence-electron chi connectivity index (χ4n) is 10.9. The van der Waals surface area contributed by atoms with Crippen LogP contribution in [0.3, 0.4) is 0 Å². The van der Waals surface area contributed by atoms with Gasteiger partial charge in [-0.2, -0.15) is 52.7 Å². The fraction of sp³-hybridized carbons (Fsp3) is 1.00. The third kappa shape index (κ3) is 7.97. The highest BCUT2D eigenvalue weighted by atomic mass is 19.4. The zero-order valence-corrected chi connectivity index (χ0v) is 30.0. The van der Waals surface area contributed by atoms with Crippen LogP contribution >= 0.6 is 0 Å². The molecule has 0 amide bonds. The van der Waals surface area contributed by atoms with Crippen molar-refractivity contribution in [1.29, 1.82) is 0 Å². The second-order valence-electron chi connectivity index (χ2n) is 17.0. The molecule has 5 aliphatic rings. The molecule has 5 rings (SSSR count). The first-order valence-electron chi connectivity index (χ1n) is 18.6. The number of hydrogen-bond donors (Lipinski definition) is 0. The Labute approximate surface area is 297 Å². The SMILES string of the molecule is CC1C2CC(CC(OCOCC3CCC(COCOC(CC4CC5CC4C(C)C5C)(C(F)(F)F)C(F)(F)F)CC3)(C(F)(F)F)C(F)(F)F)C(C2)C1C. The van der Waals surface area contributed by atoms with E-state index in [1.807, 2.05) is 27.7 Å². The van der Waals surface area contributed by atoms with Gasteiger partial charge in [-0.3, -0.25) is 0 Å². The summed E-state index contributed by atoms with van der Waals surface area (Å²) in [5.74, 6) is -1.84. The number of ether oxygens (including phenoxy) is 4. The van der Waals surface area contributed by atoms with Crippen LogP contribution in [0.5, 0.6) is 0 Å². The number of hydrogen-bond acceptors (Lipinski definition) is 4. The molecule has 5 fully saturated rings. The Morgan fingerprint density at radius 2 is 0.750 bits per heavy atom. The number of fused-ring (bicyclic) bond motifs is 4. The Morgan fingerprint density at radius 3 is 1.00 bits per heavy atom. The van der Waals surface area contributed by atoms with Gasteiger partial charge in [0.1, 0.15) is 13.6 Å². The van der Waals surface area contributed by atoms with Crippen LogP contribution in [0.2, 0.25) is 0 Å². The van der Waals surface area contributed by atoms with E-state index in [9.17, 15) is 52.7 Å². The molecule has 0 N–H and O–H groups in total. The van der Waals surface area contributed by atoms with E-state index < -0.39 is 74.2 Å². The van der Waals surface area contributed by atoms with E-state index in [4.69, 9.17) is 9.47 Å². The molecule has 4 bridgehead atoms. The van der Waals surface area contributed by atoms with E-state index in [1.54, 1.807) is 0 Å². The van der Waals surface area contributed by atoms with E-state index in [-0.39, 0.29) is 72.4 Å². The van der Waals surface area contributed by atoms with Gasteiger partial charge in [-0.1, -0.05) is 27.7 Å². The fourth-order valence-corrected chi connectivity index (χ4v) is 10.9. The molecular weight excluding hydrogens is 724 g/mol. The van der Waals surface area contributed by atoms with E-state index >= 15 is 0 Å². The van der Waals surface area contributed by atoms with Crippen molar-refractivity contribution in [2.45, 2.75) is 128 Å². The highest BCUT2D eigenvalue weighted by molar-refractivity contribution is 5.06. The zero-order chi connectivity index (χ0) is 38.7. The monoisotopic (exact) mass is 776 g/mol. The third-order valence-corrected chi connectivity index (χ3v) is 14.5. The second-order valence-corrected chi connectivity index (χ2v) is 17.0. The van der Waals surface area contributed by atoms with Gasteiger partial charge in [0.2, 0.25) is 0 Å². The van der Waals surface area contributed by atoms with Crippen LogP contribution in [0, 0.1) is 71.0 Å². The third-order valence-electron chi connectivity index (χ3n) is 14.5. The molecule has 10 unspecified atom stereocenters. The summed E-state index contributed by atoms with van der Waals surface area (Å²) in [4.78, 5) is 0. The quantitative estimate of drug-likeness (QED) is 0.100. The van der Waals surface area contributed by atoms with Gasteiger partial charge in [0.25, 0.3) is 11.2 Å². The molecule has 0 aromatic rings. The van der Waals surface area contributed by atoms with Gasteiger partial charge in [-0.05, 0) is 135 Å². The van der Waals surface area contributed by atoms with Crippen LogP contribution < -0.4 is 0 Å². The lowest BCUT2D eigenvalue weighted by molar-refractivity contribution is -0.399. The van der Waals surface area contributed by atoms with Gasteiger partial charge in [-0.15, -0.1) is 0 Å². The van der Waals surface area contributed by atoms with Crippen LogP contribution in [0.1, 0.15) is 91.9 Å². The van der Waals surface area contributed by atoms with E-state index in [0.717, 1.165) is 0 Å². The average Bonchev–Trinajstić information content (AvgIpc) is 3.77. The molecule has 52 heavy (non-hydrogen) atoms. The van der Waals surface area contributed by atoms with Crippen molar-refractivity contribution in [3.63, 3.8) is 0 Å². The summed E-state index contributed by atoms with van der Waals surface area (Å²) in [7, 11) is 0. The lowest BCUT2D eigenvalue weighted by Gasteiger charge is -2.42. The number of alkyl halides is 12. The van der Waals surface area contributed by atoms with Crippen molar-refractivity contribution in [2.75, 3.05) is 26.8 Å². The van der Waals surface area contributed by atoms with Crippen molar-refractivity contribution in [3.05, 3.63) is 0 Å². The minimum Gasteiger partial charge on any atom is -0.355 e. The summed E-state index contributed by atoms with van der Waals surface area (Å²) < 4.78 is 190. The molecule has 10 atom stereocenters. The molecule has 0 radical (unpaired) electrons. The van der Waals surface area contributed by atoms with Gasteiger partial charge in [-0.25, -0.2) is 0 Å². The van der Waals surface area contributed by atoms with Crippen LogP contribution in [-0.2, 0) is 18.9 Å². The molecule has 0 spiro atoms. The Morgan fingerprint density at radius 1 is 0.442 bits per heavy atom. The maximum Gasteiger partial charge on any atom is 0.426 e. The summed E-state index contributed by atoms with van der Waals surface area (Å²) in [6.45, 7) is 4.92. The van der Waals surface area contributed by atoms with Gasteiger partial charge in [0.15, 0.2) is 0 Å². The van der Waals surface area contributed by atoms with Crippen molar-refractivity contribution >= 4 is 0 Å². The lowest BCUT2D eigenvalue weighted by Crippen LogP contribution is -2.60. The zero-order valence-electron chi connectivity index (χ0n) is 30.0. The summed E-state index contributed by atoms with van der Waals surface area (Å²) in [5.41, 5.74) is -8.72. The molecule has 0 aromatic carbocycles. The topological polar surface area (TPSA) is 36.9 Å². The second kappa shape index (κ2) is 15.2. The summed E-state index contributed by atoms with van der Waals surface area (Å²) in [5, 5.41) is 0. The number of rotatable bonds is 14. The molecule has 4 nitrogen and oxygen atoms in total. The van der Waals surface area contributed by atoms with E-state index in [0.29, 0.717) is 51.4 Å². The molecule has 304 valence electrons. The molecule has 0 aliphatic heterocycles. The normalized spacial score (nSPS) is 37.4. The minimum absolute atomic E-state index is 0.0188. The van der Waals surface area contributed by atoms with Gasteiger partial charge >= 0.3 is 24.7 Å². The predicted molar refractivity (Wildman–Crippen MR) is 164 cm³/mol. The molecule has 5 aliphatic carbocycles. The molecule has 5 saturated carbocycles. The van der Waals surface area contributed by atoms with Crippen molar-refractivity contribution in [1.82, 2.24) is 0 Å². The first-order valence-corrected chi connectivity index (χ1v) is 18.6. The van der Waals surface area contributed by atoms with E-state index in [2.05, 4.69) is 9.47 Å².